The Morgan fingerprint density at radius 3 is 2.85 bits per heavy atom. The molecule has 0 saturated heterocycles. The third-order valence-corrected chi connectivity index (χ3v) is 5.74. The summed E-state index contributed by atoms with van der Waals surface area (Å²) >= 11 is 7.46. The molecule has 0 unspecified atom stereocenters. The Labute approximate surface area is 164 Å². The molecule has 1 aromatic carbocycles. The summed E-state index contributed by atoms with van der Waals surface area (Å²) in [5.74, 6) is 0.943. The molecule has 0 spiro atoms. The molecule has 3 heterocycles. The lowest BCUT2D eigenvalue weighted by atomic mass is 10.2. The van der Waals surface area contributed by atoms with E-state index in [-0.39, 0.29) is 5.78 Å². The van der Waals surface area contributed by atoms with E-state index in [4.69, 9.17) is 11.6 Å². The molecular formula is C18H17ClN6OS. The largest absolute Gasteiger partial charge is 0.322 e. The zero-order valence-corrected chi connectivity index (χ0v) is 16.6. The van der Waals surface area contributed by atoms with Crippen LogP contribution >= 0.6 is 23.4 Å². The first-order valence-corrected chi connectivity index (χ1v) is 9.64. The van der Waals surface area contributed by atoms with Gasteiger partial charge in [-0.05, 0) is 38.1 Å². The van der Waals surface area contributed by atoms with Crippen LogP contribution in [0.4, 0.5) is 0 Å². The number of hydrogen-bond donors (Lipinski definition) is 1. The minimum atomic E-state index is 0.0453. The molecule has 27 heavy (non-hydrogen) atoms. The maximum atomic E-state index is 12.8. The predicted octanol–water partition coefficient (Wildman–Crippen LogP) is 3.73. The molecule has 0 atom stereocenters. The Balaban J connectivity index is 1.57. The Bertz CT molecular complexity index is 1140. The number of aromatic amines is 1. The molecule has 0 saturated carbocycles. The van der Waals surface area contributed by atoms with Crippen LogP contribution in [0.15, 0.2) is 35.7 Å². The first-order chi connectivity index (χ1) is 13.0. The van der Waals surface area contributed by atoms with Gasteiger partial charge in [-0.2, -0.15) is 10.1 Å². The van der Waals surface area contributed by atoms with E-state index >= 15 is 0 Å². The molecule has 138 valence electrons. The highest BCUT2D eigenvalue weighted by Gasteiger charge is 2.19. The summed E-state index contributed by atoms with van der Waals surface area (Å²) in [5.41, 5.74) is 4.25. The van der Waals surface area contributed by atoms with Crippen molar-refractivity contribution in [3.05, 3.63) is 52.6 Å². The summed E-state index contributed by atoms with van der Waals surface area (Å²) in [6, 6.07) is 7.48. The predicted molar refractivity (Wildman–Crippen MR) is 106 cm³/mol. The van der Waals surface area contributed by atoms with Gasteiger partial charge < -0.3 is 4.57 Å². The van der Waals surface area contributed by atoms with Crippen molar-refractivity contribution in [2.75, 3.05) is 5.75 Å². The topological polar surface area (TPSA) is 81.4 Å². The number of H-pyrrole nitrogens is 1. The van der Waals surface area contributed by atoms with E-state index in [0.717, 1.165) is 27.6 Å². The standard InChI is InChI=1S/C18H17ClN6OS/c1-10-6-13(11(2)25(10)17-20-9-21-23-17)16(26)8-27-18-22-14-7-12(19)4-5-15(14)24(18)3/h4-7,9H,8H2,1-3H3,(H,20,21,23). The molecule has 0 fully saturated rings. The Morgan fingerprint density at radius 2 is 2.11 bits per heavy atom. The van der Waals surface area contributed by atoms with Gasteiger partial charge in [0.1, 0.15) is 6.33 Å². The molecule has 0 aliphatic rings. The summed E-state index contributed by atoms with van der Waals surface area (Å²) in [7, 11) is 1.94. The number of thioether (sulfide) groups is 1. The molecule has 0 amide bonds. The lowest BCUT2D eigenvalue weighted by Crippen LogP contribution is -2.07. The van der Waals surface area contributed by atoms with Gasteiger partial charge in [-0.25, -0.2) is 10.1 Å². The SMILES string of the molecule is Cc1cc(C(=O)CSc2nc3cc(Cl)ccc3n2C)c(C)n1-c1ncn[nH]1. The van der Waals surface area contributed by atoms with Crippen LogP contribution in [-0.2, 0) is 7.05 Å². The molecule has 9 heteroatoms. The minimum absolute atomic E-state index is 0.0453. The van der Waals surface area contributed by atoms with Crippen molar-refractivity contribution in [1.29, 1.82) is 0 Å². The first kappa shape index (κ1) is 17.8. The van der Waals surface area contributed by atoms with Crippen LogP contribution in [-0.4, -0.2) is 40.8 Å². The molecular weight excluding hydrogens is 384 g/mol. The number of nitrogens with one attached hydrogen (secondary N) is 1. The van der Waals surface area contributed by atoms with E-state index in [1.165, 1.54) is 18.1 Å². The van der Waals surface area contributed by atoms with Gasteiger partial charge in [-0.3, -0.25) is 9.36 Å². The van der Waals surface area contributed by atoms with Crippen LogP contribution in [0.3, 0.4) is 0 Å². The molecule has 4 aromatic rings. The number of rotatable bonds is 5. The zero-order chi connectivity index (χ0) is 19.1. The van der Waals surface area contributed by atoms with E-state index in [1.807, 2.05) is 54.3 Å². The van der Waals surface area contributed by atoms with Crippen LogP contribution in [0.2, 0.25) is 5.02 Å². The van der Waals surface area contributed by atoms with Crippen LogP contribution < -0.4 is 0 Å². The average molecular weight is 401 g/mol. The van der Waals surface area contributed by atoms with E-state index in [0.29, 0.717) is 22.3 Å². The van der Waals surface area contributed by atoms with Gasteiger partial charge in [0.2, 0.25) is 5.95 Å². The van der Waals surface area contributed by atoms with Crippen LogP contribution in [0, 0.1) is 13.8 Å². The molecule has 3 aromatic heterocycles. The van der Waals surface area contributed by atoms with Gasteiger partial charge in [-0.15, -0.1) is 0 Å². The minimum Gasteiger partial charge on any atom is -0.322 e. The van der Waals surface area contributed by atoms with Gasteiger partial charge in [-0.1, -0.05) is 23.4 Å². The lowest BCUT2D eigenvalue weighted by molar-refractivity contribution is 0.102. The lowest BCUT2D eigenvalue weighted by Gasteiger charge is -2.05. The van der Waals surface area contributed by atoms with Gasteiger partial charge in [0, 0.05) is 29.0 Å². The Kier molecular flexibility index (Phi) is 4.53. The number of fused-ring (bicyclic) bond motifs is 1. The fourth-order valence-corrected chi connectivity index (χ4v) is 4.20. The molecule has 4 rings (SSSR count). The van der Waals surface area contributed by atoms with Crippen molar-refractivity contribution in [2.45, 2.75) is 19.0 Å². The second kappa shape index (κ2) is 6.86. The summed E-state index contributed by atoms with van der Waals surface area (Å²) in [6.07, 6.45) is 1.45. The molecule has 0 radical (unpaired) electrons. The quantitative estimate of drug-likeness (QED) is 0.407. The van der Waals surface area contributed by atoms with Crippen LogP contribution in [0.1, 0.15) is 21.7 Å². The number of benzene rings is 1. The van der Waals surface area contributed by atoms with E-state index in [9.17, 15) is 4.79 Å². The summed E-state index contributed by atoms with van der Waals surface area (Å²) in [4.78, 5) is 21.6. The summed E-state index contributed by atoms with van der Waals surface area (Å²) in [5, 5.41) is 8.14. The van der Waals surface area contributed by atoms with E-state index < -0.39 is 0 Å². The smallest absolute Gasteiger partial charge is 0.229 e. The van der Waals surface area contributed by atoms with Crippen molar-refractivity contribution in [1.82, 2.24) is 29.3 Å². The Morgan fingerprint density at radius 1 is 1.30 bits per heavy atom. The number of carbonyl (C=O) groups is 1. The number of nitrogens with zero attached hydrogens (tertiary/aromatic N) is 5. The normalized spacial score (nSPS) is 11.4. The van der Waals surface area contributed by atoms with Crippen molar-refractivity contribution in [3.8, 4) is 5.95 Å². The number of hydrogen-bond acceptors (Lipinski definition) is 5. The number of ketones is 1. The van der Waals surface area contributed by atoms with Crippen molar-refractivity contribution in [2.24, 2.45) is 7.05 Å². The maximum absolute atomic E-state index is 12.8. The van der Waals surface area contributed by atoms with Gasteiger partial charge in [0.25, 0.3) is 0 Å². The van der Waals surface area contributed by atoms with Crippen LogP contribution in [0.25, 0.3) is 17.0 Å². The number of Topliss-reactive ketones (excluding diaryl/α,β-unsaturated/α-hetero) is 1. The third-order valence-electron chi connectivity index (χ3n) is 4.48. The number of imidazole rings is 1. The number of carbonyl (C=O) groups excluding carboxylic acids is 1. The summed E-state index contributed by atoms with van der Waals surface area (Å²) < 4.78 is 3.86. The fraction of sp³-hybridized carbons (Fsp3) is 0.222. The average Bonchev–Trinajstić information content (AvgIpc) is 3.32. The summed E-state index contributed by atoms with van der Waals surface area (Å²) in [6.45, 7) is 3.85. The molecule has 1 N–H and O–H groups in total. The monoisotopic (exact) mass is 400 g/mol. The van der Waals surface area contributed by atoms with E-state index in [2.05, 4.69) is 20.2 Å². The molecule has 7 nitrogen and oxygen atoms in total. The number of halogens is 1. The van der Waals surface area contributed by atoms with Crippen molar-refractivity contribution in [3.63, 3.8) is 0 Å². The van der Waals surface area contributed by atoms with Gasteiger partial charge >= 0.3 is 0 Å². The highest BCUT2D eigenvalue weighted by molar-refractivity contribution is 7.99. The first-order valence-electron chi connectivity index (χ1n) is 8.28. The van der Waals surface area contributed by atoms with Crippen molar-refractivity contribution >= 4 is 40.2 Å². The molecule has 0 aliphatic heterocycles. The highest BCUT2D eigenvalue weighted by Crippen LogP contribution is 2.27. The highest BCUT2D eigenvalue weighted by atomic mass is 35.5. The van der Waals surface area contributed by atoms with Gasteiger partial charge in [0.05, 0.1) is 16.8 Å². The number of aromatic nitrogens is 6. The van der Waals surface area contributed by atoms with Crippen LogP contribution in [0.5, 0.6) is 0 Å². The second-order valence-electron chi connectivity index (χ2n) is 6.23. The Hall–Kier alpha value is -2.58. The third kappa shape index (κ3) is 3.15. The van der Waals surface area contributed by atoms with E-state index in [1.54, 1.807) is 0 Å². The van der Waals surface area contributed by atoms with Crippen molar-refractivity contribution < 1.29 is 4.79 Å². The van der Waals surface area contributed by atoms with Gasteiger partial charge in [0.15, 0.2) is 10.9 Å². The fourth-order valence-electron chi connectivity index (χ4n) is 3.17. The second-order valence-corrected chi connectivity index (χ2v) is 7.61. The molecule has 0 aliphatic carbocycles. The maximum Gasteiger partial charge on any atom is 0.229 e. The molecule has 0 bridgehead atoms. The number of aryl methyl sites for hydroxylation is 2. The zero-order valence-electron chi connectivity index (χ0n) is 15.0.